The van der Waals surface area contributed by atoms with E-state index in [9.17, 15) is 0 Å². The van der Waals surface area contributed by atoms with Crippen molar-refractivity contribution in [3.05, 3.63) is 70.8 Å². The first kappa shape index (κ1) is 13.8. The highest BCUT2D eigenvalue weighted by Gasteiger charge is 2.06. The molecule has 0 amide bonds. The highest BCUT2D eigenvalue weighted by molar-refractivity contribution is 5.36. The highest BCUT2D eigenvalue weighted by atomic mass is 15.0. The van der Waals surface area contributed by atoms with Gasteiger partial charge in [0, 0.05) is 13.1 Å². The zero-order chi connectivity index (χ0) is 13.7. The number of nitrogens with two attached hydrogens (primary N) is 1. The van der Waals surface area contributed by atoms with Crippen LogP contribution in [-0.4, -0.2) is 19.0 Å². The zero-order valence-corrected chi connectivity index (χ0v) is 11.8. The molecule has 0 radical (unpaired) electrons. The fourth-order valence-corrected chi connectivity index (χ4v) is 2.36. The molecule has 0 aliphatic carbocycles. The molecule has 2 aromatic rings. The summed E-state index contributed by atoms with van der Waals surface area (Å²) in [5, 5.41) is 0. The summed E-state index contributed by atoms with van der Waals surface area (Å²) in [6, 6.07) is 17.1. The van der Waals surface area contributed by atoms with Crippen LogP contribution in [0.25, 0.3) is 0 Å². The van der Waals surface area contributed by atoms with Crippen molar-refractivity contribution in [3.63, 3.8) is 0 Å². The summed E-state index contributed by atoms with van der Waals surface area (Å²) in [6.07, 6.45) is 0.956. The standard InChI is InChI=1S/C17H22N2/c1-19(2)13-17-10-6-4-8-15(17)11-14-7-3-5-9-16(14)12-18/h3-10H,11-13,18H2,1-2H3. The Balaban J connectivity index is 2.27. The minimum atomic E-state index is 0.603. The van der Waals surface area contributed by atoms with E-state index in [1.807, 2.05) is 0 Å². The van der Waals surface area contributed by atoms with E-state index in [4.69, 9.17) is 5.73 Å². The van der Waals surface area contributed by atoms with Gasteiger partial charge in [-0.1, -0.05) is 48.5 Å². The lowest BCUT2D eigenvalue weighted by Gasteiger charge is -2.15. The Bertz CT molecular complexity index is 532. The van der Waals surface area contributed by atoms with Gasteiger partial charge in [-0.2, -0.15) is 0 Å². The van der Waals surface area contributed by atoms with Crippen molar-refractivity contribution in [1.82, 2.24) is 4.90 Å². The van der Waals surface area contributed by atoms with Gasteiger partial charge >= 0.3 is 0 Å². The Morgan fingerprint density at radius 1 is 0.789 bits per heavy atom. The molecular weight excluding hydrogens is 232 g/mol. The maximum absolute atomic E-state index is 5.81. The Labute approximate surface area is 115 Å². The topological polar surface area (TPSA) is 29.3 Å². The van der Waals surface area contributed by atoms with Gasteiger partial charge in [0.05, 0.1) is 0 Å². The fourth-order valence-electron chi connectivity index (χ4n) is 2.36. The van der Waals surface area contributed by atoms with Crippen LogP contribution in [0.3, 0.4) is 0 Å². The molecule has 0 saturated carbocycles. The molecule has 100 valence electrons. The predicted molar refractivity (Wildman–Crippen MR) is 81.0 cm³/mol. The summed E-state index contributed by atoms with van der Waals surface area (Å²) in [5.41, 5.74) is 11.2. The maximum atomic E-state index is 5.81. The number of hydrogen-bond acceptors (Lipinski definition) is 2. The lowest BCUT2D eigenvalue weighted by atomic mass is 9.96. The Morgan fingerprint density at radius 3 is 1.79 bits per heavy atom. The monoisotopic (exact) mass is 254 g/mol. The molecule has 0 saturated heterocycles. The van der Waals surface area contributed by atoms with Gasteiger partial charge in [0.25, 0.3) is 0 Å². The van der Waals surface area contributed by atoms with Crippen molar-refractivity contribution in [3.8, 4) is 0 Å². The third-order valence-corrected chi connectivity index (χ3v) is 3.32. The minimum Gasteiger partial charge on any atom is -0.326 e. The van der Waals surface area contributed by atoms with Crippen molar-refractivity contribution in [2.24, 2.45) is 5.73 Å². The van der Waals surface area contributed by atoms with E-state index in [-0.39, 0.29) is 0 Å². The van der Waals surface area contributed by atoms with Crippen LogP contribution in [0.15, 0.2) is 48.5 Å². The van der Waals surface area contributed by atoms with Gasteiger partial charge in [-0.3, -0.25) is 0 Å². The molecule has 2 aromatic carbocycles. The Hall–Kier alpha value is -1.64. The average molecular weight is 254 g/mol. The van der Waals surface area contributed by atoms with Crippen LogP contribution >= 0.6 is 0 Å². The molecule has 2 heteroatoms. The van der Waals surface area contributed by atoms with Crippen LogP contribution in [0.2, 0.25) is 0 Å². The average Bonchev–Trinajstić information content (AvgIpc) is 2.41. The number of benzene rings is 2. The smallest absolute Gasteiger partial charge is 0.0230 e. The van der Waals surface area contributed by atoms with Gasteiger partial charge in [-0.05, 0) is 42.8 Å². The first-order chi connectivity index (χ1) is 9.20. The van der Waals surface area contributed by atoms with Gasteiger partial charge in [0.2, 0.25) is 0 Å². The van der Waals surface area contributed by atoms with Crippen LogP contribution in [0.1, 0.15) is 22.3 Å². The molecule has 2 nitrogen and oxygen atoms in total. The second kappa shape index (κ2) is 6.50. The molecular formula is C17H22N2. The van der Waals surface area contributed by atoms with Crippen molar-refractivity contribution in [1.29, 1.82) is 0 Å². The largest absolute Gasteiger partial charge is 0.326 e. The van der Waals surface area contributed by atoms with Gasteiger partial charge in [-0.25, -0.2) is 0 Å². The first-order valence-corrected chi connectivity index (χ1v) is 6.69. The van der Waals surface area contributed by atoms with Gasteiger partial charge in [0.15, 0.2) is 0 Å². The molecule has 0 fully saturated rings. The quantitative estimate of drug-likeness (QED) is 0.889. The molecule has 0 aliphatic heterocycles. The number of hydrogen-bond donors (Lipinski definition) is 1. The Morgan fingerprint density at radius 2 is 1.26 bits per heavy atom. The molecule has 2 N–H and O–H groups in total. The van der Waals surface area contributed by atoms with Gasteiger partial charge in [-0.15, -0.1) is 0 Å². The van der Waals surface area contributed by atoms with Crippen molar-refractivity contribution in [2.45, 2.75) is 19.5 Å². The van der Waals surface area contributed by atoms with E-state index in [1.165, 1.54) is 22.3 Å². The third-order valence-electron chi connectivity index (χ3n) is 3.32. The third kappa shape index (κ3) is 3.66. The van der Waals surface area contributed by atoms with Crippen LogP contribution in [0, 0.1) is 0 Å². The van der Waals surface area contributed by atoms with Crippen LogP contribution < -0.4 is 5.73 Å². The fraction of sp³-hybridized carbons (Fsp3) is 0.294. The molecule has 2 rings (SSSR count). The summed E-state index contributed by atoms with van der Waals surface area (Å²) in [6.45, 7) is 1.58. The first-order valence-electron chi connectivity index (χ1n) is 6.69. The lowest BCUT2D eigenvalue weighted by molar-refractivity contribution is 0.401. The molecule has 0 atom stereocenters. The van der Waals surface area contributed by atoms with Crippen LogP contribution in [-0.2, 0) is 19.5 Å². The second-order valence-electron chi connectivity index (χ2n) is 5.16. The summed E-state index contributed by atoms with van der Waals surface area (Å²) < 4.78 is 0. The number of rotatable bonds is 5. The van der Waals surface area contributed by atoms with Crippen molar-refractivity contribution >= 4 is 0 Å². The van der Waals surface area contributed by atoms with Crippen LogP contribution in [0.4, 0.5) is 0 Å². The van der Waals surface area contributed by atoms with Crippen molar-refractivity contribution in [2.75, 3.05) is 14.1 Å². The van der Waals surface area contributed by atoms with E-state index >= 15 is 0 Å². The van der Waals surface area contributed by atoms with Gasteiger partial charge in [0.1, 0.15) is 0 Å². The SMILES string of the molecule is CN(C)Cc1ccccc1Cc1ccccc1CN. The van der Waals surface area contributed by atoms with E-state index in [0.717, 1.165) is 13.0 Å². The summed E-state index contributed by atoms with van der Waals surface area (Å²) in [5.74, 6) is 0. The van der Waals surface area contributed by atoms with E-state index in [0.29, 0.717) is 6.54 Å². The number of nitrogens with zero attached hydrogens (tertiary/aromatic N) is 1. The van der Waals surface area contributed by atoms with Crippen molar-refractivity contribution < 1.29 is 0 Å². The van der Waals surface area contributed by atoms with E-state index in [1.54, 1.807) is 0 Å². The predicted octanol–water partition coefficient (Wildman–Crippen LogP) is 2.80. The summed E-state index contributed by atoms with van der Waals surface area (Å²) >= 11 is 0. The summed E-state index contributed by atoms with van der Waals surface area (Å²) in [7, 11) is 4.20. The van der Waals surface area contributed by atoms with E-state index < -0.39 is 0 Å². The molecule has 0 bridgehead atoms. The van der Waals surface area contributed by atoms with Gasteiger partial charge < -0.3 is 10.6 Å². The molecule has 0 unspecified atom stereocenters. The Kier molecular flexibility index (Phi) is 4.72. The second-order valence-corrected chi connectivity index (χ2v) is 5.16. The maximum Gasteiger partial charge on any atom is 0.0230 e. The molecule has 0 heterocycles. The molecule has 0 aromatic heterocycles. The zero-order valence-electron chi connectivity index (χ0n) is 11.8. The van der Waals surface area contributed by atoms with Crippen LogP contribution in [0.5, 0.6) is 0 Å². The molecule has 0 aliphatic rings. The highest BCUT2D eigenvalue weighted by Crippen LogP contribution is 2.18. The molecule has 0 spiro atoms. The molecule has 19 heavy (non-hydrogen) atoms. The lowest BCUT2D eigenvalue weighted by Crippen LogP contribution is -2.12. The van der Waals surface area contributed by atoms with E-state index in [2.05, 4.69) is 67.5 Å². The summed E-state index contributed by atoms with van der Waals surface area (Å²) in [4.78, 5) is 2.20. The normalized spacial score (nSPS) is 10.9. The minimum absolute atomic E-state index is 0.603.